The van der Waals surface area contributed by atoms with Crippen LogP contribution in [-0.4, -0.2) is 13.6 Å². The van der Waals surface area contributed by atoms with Crippen molar-refractivity contribution in [2.45, 2.75) is 46.0 Å². The molecule has 1 nitrogen and oxygen atoms in total. The van der Waals surface area contributed by atoms with Gasteiger partial charge in [-0.3, -0.25) is 0 Å². The Morgan fingerprint density at radius 1 is 1.31 bits per heavy atom. The average molecular weight is 183 g/mol. The van der Waals surface area contributed by atoms with Crippen molar-refractivity contribution in [3.63, 3.8) is 0 Å². The van der Waals surface area contributed by atoms with E-state index in [-0.39, 0.29) is 0 Å². The molecule has 1 unspecified atom stereocenters. The van der Waals surface area contributed by atoms with E-state index in [9.17, 15) is 0 Å². The molecule has 0 aromatic carbocycles. The van der Waals surface area contributed by atoms with Gasteiger partial charge in [-0.15, -0.1) is 0 Å². The van der Waals surface area contributed by atoms with Gasteiger partial charge in [0.2, 0.25) is 0 Å². The summed E-state index contributed by atoms with van der Waals surface area (Å²) in [6, 6.07) is 0. The highest BCUT2D eigenvalue weighted by Crippen LogP contribution is 2.13. The number of nitrogens with one attached hydrogen (secondary N) is 1. The summed E-state index contributed by atoms with van der Waals surface area (Å²) in [4.78, 5) is 0. The lowest BCUT2D eigenvalue weighted by molar-refractivity contribution is 0.418. The van der Waals surface area contributed by atoms with Gasteiger partial charge in [-0.05, 0) is 52.1 Å². The van der Waals surface area contributed by atoms with Gasteiger partial charge in [0.1, 0.15) is 0 Å². The van der Waals surface area contributed by atoms with Crippen LogP contribution >= 0.6 is 0 Å². The fourth-order valence-electron chi connectivity index (χ4n) is 1.74. The lowest BCUT2D eigenvalue weighted by Crippen LogP contribution is -2.18. The van der Waals surface area contributed by atoms with Crippen LogP contribution in [-0.2, 0) is 0 Å². The van der Waals surface area contributed by atoms with Crippen LogP contribution in [0.5, 0.6) is 0 Å². The van der Waals surface area contributed by atoms with Crippen molar-refractivity contribution in [1.82, 2.24) is 5.32 Å². The van der Waals surface area contributed by atoms with Crippen LogP contribution in [0, 0.1) is 5.92 Å². The SMILES string of the molecule is C/C=C\CCCC(CCC)CNC. The molecular weight excluding hydrogens is 158 g/mol. The zero-order chi connectivity index (χ0) is 9.94. The maximum atomic E-state index is 3.28. The summed E-state index contributed by atoms with van der Waals surface area (Å²) in [7, 11) is 2.05. The van der Waals surface area contributed by atoms with Gasteiger partial charge in [-0.2, -0.15) is 0 Å². The molecule has 0 heterocycles. The molecule has 78 valence electrons. The molecule has 0 aliphatic rings. The molecule has 0 fully saturated rings. The number of hydrogen-bond acceptors (Lipinski definition) is 1. The van der Waals surface area contributed by atoms with Gasteiger partial charge in [0.15, 0.2) is 0 Å². The maximum Gasteiger partial charge on any atom is -0.00235 e. The van der Waals surface area contributed by atoms with Gasteiger partial charge in [0.25, 0.3) is 0 Å². The fourth-order valence-corrected chi connectivity index (χ4v) is 1.74. The lowest BCUT2D eigenvalue weighted by atomic mass is 9.97. The van der Waals surface area contributed by atoms with Crippen molar-refractivity contribution >= 4 is 0 Å². The summed E-state index contributed by atoms with van der Waals surface area (Å²) in [5.41, 5.74) is 0. The molecule has 0 bridgehead atoms. The minimum Gasteiger partial charge on any atom is -0.319 e. The van der Waals surface area contributed by atoms with Crippen molar-refractivity contribution in [2.75, 3.05) is 13.6 Å². The van der Waals surface area contributed by atoms with Crippen molar-refractivity contribution in [2.24, 2.45) is 5.92 Å². The van der Waals surface area contributed by atoms with Gasteiger partial charge in [0, 0.05) is 0 Å². The van der Waals surface area contributed by atoms with Crippen LogP contribution in [0.15, 0.2) is 12.2 Å². The van der Waals surface area contributed by atoms with Crippen LogP contribution in [0.25, 0.3) is 0 Å². The van der Waals surface area contributed by atoms with E-state index >= 15 is 0 Å². The number of allylic oxidation sites excluding steroid dienone is 2. The van der Waals surface area contributed by atoms with E-state index < -0.39 is 0 Å². The molecule has 0 aromatic heterocycles. The Kier molecular flexibility index (Phi) is 9.56. The summed E-state index contributed by atoms with van der Waals surface area (Å²) in [5, 5.41) is 3.28. The van der Waals surface area contributed by atoms with E-state index in [2.05, 4.69) is 38.4 Å². The summed E-state index contributed by atoms with van der Waals surface area (Å²) in [6.45, 7) is 5.55. The minimum atomic E-state index is 0.889. The minimum absolute atomic E-state index is 0.889. The molecule has 0 saturated heterocycles. The smallest absolute Gasteiger partial charge is 0.00235 e. The second-order valence-corrected chi connectivity index (χ2v) is 3.71. The topological polar surface area (TPSA) is 12.0 Å². The third kappa shape index (κ3) is 8.04. The molecule has 0 radical (unpaired) electrons. The third-order valence-corrected chi connectivity index (χ3v) is 2.41. The molecule has 0 rings (SSSR count). The molecule has 13 heavy (non-hydrogen) atoms. The first-order valence-electron chi connectivity index (χ1n) is 5.60. The first kappa shape index (κ1) is 12.7. The Morgan fingerprint density at radius 3 is 2.62 bits per heavy atom. The summed E-state index contributed by atoms with van der Waals surface area (Å²) in [5.74, 6) is 0.889. The van der Waals surface area contributed by atoms with Crippen LogP contribution in [0.1, 0.15) is 46.0 Å². The van der Waals surface area contributed by atoms with Gasteiger partial charge in [-0.1, -0.05) is 25.5 Å². The molecule has 1 N–H and O–H groups in total. The Labute approximate surface area is 83.6 Å². The Bertz CT molecular complexity index is 112. The summed E-state index contributed by atoms with van der Waals surface area (Å²) < 4.78 is 0. The standard InChI is InChI=1S/C12H25N/c1-4-6-7-8-10-12(9-5-2)11-13-3/h4,6,12-13H,5,7-11H2,1-3H3/b6-4-. The van der Waals surface area contributed by atoms with Crippen LogP contribution in [0.4, 0.5) is 0 Å². The lowest BCUT2D eigenvalue weighted by Gasteiger charge is -2.14. The molecule has 0 saturated carbocycles. The highest BCUT2D eigenvalue weighted by atomic mass is 14.8. The number of unbranched alkanes of at least 4 members (excludes halogenated alkanes) is 1. The molecule has 0 amide bonds. The Balaban J connectivity index is 3.43. The van der Waals surface area contributed by atoms with Crippen molar-refractivity contribution in [3.05, 3.63) is 12.2 Å². The van der Waals surface area contributed by atoms with Crippen molar-refractivity contribution < 1.29 is 0 Å². The molecule has 1 heteroatoms. The van der Waals surface area contributed by atoms with Crippen LogP contribution in [0.3, 0.4) is 0 Å². The van der Waals surface area contributed by atoms with E-state index in [4.69, 9.17) is 0 Å². The predicted octanol–water partition coefficient (Wildman–Crippen LogP) is 3.37. The van der Waals surface area contributed by atoms with Gasteiger partial charge < -0.3 is 5.32 Å². The largest absolute Gasteiger partial charge is 0.319 e. The second-order valence-electron chi connectivity index (χ2n) is 3.71. The van der Waals surface area contributed by atoms with Crippen LogP contribution in [0.2, 0.25) is 0 Å². The predicted molar refractivity (Wildman–Crippen MR) is 61.0 cm³/mol. The number of hydrogen-bond donors (Lipinski definition) is 1. The Morgan fingerprint density at radius 2 is 2.08 bits per heavy atom. The summed E-state index contributed by atoms with van der Waals surface area (Å²) in [6.07, 6.45) is 11.1. The van der Waals surface area contributed by atoms with E-state index in [0.29, 0.717) is 0 Å². The highest BCUT2D eigenvalue weighted by molar-refractivity contribution is 4.77. The molecule has 1 atom stereocenters. The highest BCUT2D eigenvalue weighted by Gasteiger charge is 2.04. The fraction of sp³-hybridized carbons (Fsp3) is 0.833. The maximum absolute atomic E-state index is 3.28. The van der Waals surface area contributed by atoms with E-state index in [1.165, 1.54) is 38.6 Å². The van der Waals surface area contributed by atoms with Crippen LogP contribution < -0.4 is 5.32 Å². The monoisotopic (exact) mass is 183 g/mol. The molecule has 0 aromatic rings. The molecule has 0 aliphatic heterocycles. The Hall–Kier alpha value is -0.300. The first-order valence-corrected chi connectivity index (χ1v) is 5.60. The third-order valence-electron chi connectivity index (χ3n) is 2.41. The van der Waals surface area contributed by atoms with Crippen molar-refractivity contribution in [3.8, 4) is 0 Å². The summed E-state index contributed by atoms with van der Waals surface area (Å²) >= 11 is 0. The molecular formula is C12H25N. The van der Waals surface area contributed by atoms with E-state index in [1.54, 1.807) is 0 Å². The number of rotatable bonds is 8. The zero-order valence-corrected chi connectivity index (χ0v) is 9.47. The van der Waals surface area contributed by atoms with E-state index in [1.807, 2.05) is 0 Å². The quantitative estimate of drug-likeness (QED) is 0.449. The van der Waals surface area contributed by atoms with Gasteiger partial charge >= 0.3 is 0 Å². The first-order chi connectivity index (χ1) is 6.35. The molecule has 0 spiro atoms. The second kappa shape index (κ2) is 9.79. The van der Waals surface area contributed by atoms with E-state index in [0.717, 1.165) is 5.92 Å². The van der Waals surface area contributed by atoms with Gasteiger partial charge in [0.05, 0.1) is 0 Å². The normalized spacial score (nSPS) is 13.8. The van der Waals surface area contributed by atoms with Crippen molar-refractivity contribution in [1.29, 1.82) is 0 Å². The zero-order valence-electron chi connectivity index (χ0n) is 9.47. The van der Waals surface area contributed by atoms with Gasteiger partial charge in [-0.25, -0.2) is 0 Å². The molecule has 0 aliphatic carbocycles. The average Bonchev–Trinajstić information content (AvgIpc) is 2.13.